The quantitative estimate of drug-likeness (QED) is 0.790. The average Bonchev–Trinajstić information content (AvgIpc) is 3.02. The highest BCUT2D eigenvalue weighted by Crippen LogP contribution is 2.34. The summed E-state index contributed by atoms with van der Waals surface area (Å²) in [5, 5.41) is 2.98. The summed E-state index contributed by atoms with van der Waals surface area (Å²) in [6.07, 6.45) is 7.18. The summed E-state index contributed by atoms with van der Waals surface area (Å²) in [7, 11) is 0. The van der Waals surface area contributed by atoms with Gasteiger partial charge >= 0.3 is 0 Å². The lowest BCUT2D eigenvalue weighted by Gasteiger charge is -2.28. The lowest BCUT2D eigenvalue weighted by molar-refractivity contribution is -0.140. The summed E-state index contributed by atoms with van der Waals surface area (Å²) in [5.74, 6) is 0.578. The van der Waals surface area contributed by atoms with E-state index in [0.29, 0.717) is 24.8 Å². The predicted octanol–water partition coefficient (Wildman–Crippen LogP) is 3.86. The van der Waals surface area contributed by atoms with Gasteiger partial charge in [0, 0.05) is 12.2 Å². The van der Waals surface area contributed by atoms with Crippen molar-refractivity contribution in [3.05, 3.63) is 17.8 Å². The van der Waals surface area contributed by atoms with Crippen LogP contribution in [0.15, 0.2) is 12.3 Å². The lowest BCUT2D eigenvalue weighted by Crippen LogP contribution is -2.43. The second-order valence-electron chi connectivity index (χ2n) is 6.20. The van der Waals surface area contributed by atoms with Crippen molar-refractivity contribution in [3.8, 4) is 5.88 Å². The molecule has 0 aliphatic heterocycles. The Bertz CT molecular complexity index is 525. The minimum absolute atomic E-state index is 0.0492. The van der Waals surface area contributed by atoms with E-state index in [9.17, 15) is 4.79 Å². The summed E-state index contributed by atoms with van der Waals surface area (Å²) in [6, 6.07) is 1.90. The number of nitrogens with one attached hydrogen (secondary N) is 1. The largest absolute Gasteiger partial charge is 0.477 e. The van der Waals surface area contributed by atoms with Crippen LogP contribution in [0.3, 0.4) is 0 Å². The highest BCUT2D eigenvalue weighted by molar-refractivity contribution is 5.97. The van der Waals surface area contributed by atoms with E-state index in [1.165, 1.54) is 0 Å². The molecule has 1 heterocycles. The van der Waals surface area contributed by atoms with E-state index in [1.54, 1.807) is 6.20 Å². The number of pyridine rings is 1. The summed E-state index contributed by atoms with van der Waals surface area (Å²) < 4.78 is 11.5. The molecule has 0 aromatic carbocycles. The van der Waals surface area contributed by atoms with E-state index in [1.807, 2.05) is 13.0 Å². The van der Waals surface area contributed by atoms with Gasteiger partial charge in [-0.3, -0.25) is 4.79 Å². The van der Waals surface area contributed by atoms with Crippen molar-refractivity contribution in [2.24, 2.45) is 0 Å². The smallest absolute Gasteiger partial charge is 0.256 e. The third kappa shape index (κ3) is 4.44. The van der Waals surface area contributed by atoms with E-state index in [0.717, 1.165) is 44.1 Å². The highest BCUT2D eigenvalue weighted by atomic mass is 16.5. The number of nitrogens with zero attached hydrogens (tertiary/aromatic N) is 1. The maximum atomic E-state index is 12.7. The van der Waals surface area contributed by atoms with Gasteiger partial charge in [-0.1, -0.05) is 13.8 Å². The number of amides is 1. The molecule has 1 aliphatic carbocycles. The van der Waals surface area contributed by atoms with Gasteiger partial charge < -0.3 is 14.8 Å². The molecule has 0 bridgehead atoms. The van der Waals surface area contributed by atoms with Crippen LogP contribution in [0.5, 0.6) is 5.88 Å². The first-order valence-corrected chi connectivity index (χ1v) is 8.66. The van der Waals surface area contributed by atoms with Crippen LogP contribution in [0.25, 0.3) is 0 Å². The molecule has 1 aliphatic rings. The standard InChI is InChI=1S/C18H28N2O3/c1-4-10-22-16-14(3)12-15(13-19-16)20-17(21)18(23-11-5-2)8-6-7-9-18/h12-13H,4-11H2,1-3H3,(H,20,21). The van der Waals surface area contributed by atoms with Gasteiger partial charge in [-0.05, 0) is 51.5 Å². The molecule has 5 heteroatoms. The number of ether oxygens (including phenoxy) is 2. The molecule has 23 heavy (non-hydrogen) atoms. The van der Waals surface area contributed by atoms with E-state index in [-0.39, 0.29) is 5.91 Å². The van der Waals surface area contributed by atoms with Gasteiger partial charge in [0.15, 0.2) is 0 Å². The highest BCUT2D eigenvalue weighted by Gasteiger charge is 2.42. The van der Waals surface area contributed by atoms with Crippen molar-refractivity contribution in [3.63, 3.8) is 0 Å². The first kappa shape index (κ1) is 17.7. The topological polar surface area (TPSA) is 60.5 Å². The van der Waals surface area contributed by atoms with Crippen molar-refractivity contribution in [1.82, 2.24) is 4.98 Å². The van der Waals surface area contributed by atoms with Gasteiger partial charge in [0.2, 0.25) is 5.88 Å². The molecule has 0 unspecified atom stereocenters. The van der Waals surface area contributed by atoms with Crippen molar-refractivity contribution >= 4 is 11.6 Å². The molecule has 5 nitrogen and oxygen atoms in total. The van der Waals surface area contributed by atoms with Gasteiger partial charge in [-0.2, -0.15) is 0 Å². The van der Waals surface area contributed by atoms with Crippen molar-refractivity contribution in [2.75, 3.05) is 18.5 Å². The number of carbonyl (C=O) groups is 1. The zero-order valence-corrected chi connectivity index (χ0v) is 14.5. The van der Waals surface area contributed by atoms with E-state index in [2.05, 4.69) is 24.1 Å². The molecule has 0 saturated heterocycles. The Morgan fingerprint density at radius 3 is 2.57 bits per heavy atom. The number of aromatic nitrogens is 1. The molecule has 1 aromatic rings. The molecule has 1 amide bonds. The Morgan fingerprint density at radius 2 is 1.96 bits per heavy atom. The summed E-state index contributed by atoms with van der Waals surface area (Å²) in [4.78, 5) is 17.0. The number of carbonyl (C=O) groups excluding carboxylic acids is 1. The summed E-state index contributed by atoms with van der Waals surface area (Å²) >= 11 is 0. The monoisotopic (exact) mass is 320 g/mol. The molecule has 2 rings (SSSR count). The van der Waals surface area contributed by atoms with Crippen LogP contribution in [-0.4, -0.2) is 29.7 Å². The van der Waals surface area contributed by atoms with E-state index >= 15 is 0 Å². The number of hydrogen-bond donors (Lipinski definition) is 1. The van der Waals surface area contributed by atoms with Crippen LogP contribution < -0.4 is 10.1 Å². The number of anilines is 1. The SMILES string of the molecule is CCCOc1ncc(NC(=O)C2(OCCC)CCCC2)cc1C. The zero-order valence-electron chi connectivity index (χ0n) is 14.5. The Labute approximate surface area is 138 Å². The zero-order chi connectivity index (χ0) is 16.7. The Balaban J connectivity index is 2.05. The minimum atomic E-state index is -0.665. The first-order chi connectivity index (χ1) is 11.1. The molecule has 0 radical (unpaired) electrons. The van der Waals surface area contributed by atoms with E-state index in [4.69, 9.17) is 9.47 Å². The molecule has 0 atom stereocenters. The van der Waals surface area contributed by atoms with Gasteiger partial charge in [0.25, 0.3) is 5.91 Å². The molecular weight excluding hydrogens is 292 g/mol. The second-order valence-corrected chi connectivity index (χ2v) is 6.20. The first-order valence-electron chi connectivity index (χ1n) is 8.66. The third-order valence-corrected chi connectivity index (χ3v) is 4.14. The van der Waals surface area contributed by atoms with Gasteiger partial charge in [-0.15, -0.1) is 0 Å². The number of aryl methyl sites for hydroxylation is 1. The van der Waals surface area contributed by atoms with Crippen molar-refractivity contribution < 1.29 is 14.3 Å². The molecule has 0 spiro atoms. The Kier molecular flexibility index (Phi) is 6.39. The van der Waals surface area contributed by atoms with Gasteiger partial charge in [0.1, 0.15) is 5.60 Å². The Hall–Kier alpha value is -1.62. The molecule has 1 N–H and O–H groups in total. The maximum absolute atomic E-state index is 12.7. The second kappa shape index (κ2) is 8.29. The van der Waals surface area contributed by atoms with Crippen LogP contribution in [0.1, 0.15) is 57.9 Å². The summed E-state index contributed by atoms with van der Waals surface area (Å²) in [5.41, 5.74) is 0.954. The Morgan fingerprint density at radius 1 is 1.26 bits per heavy atom. The summed E-state index contributed by atoms with van der Waals surface area (Å²) in [6.45, 7) is 7.32. The maximum Gasteiger partial charge on any atom is 0.256 e. The normalized spacial score (nSPS) is 16.3. The van der Waals surface area contributed by atoms with Gasteiger partial charge in [-0.25, -0.2) is 4.98 Å². The molecule has 1 aromatic heterocycles. The fourth-order valence-corrected chi connectivity index (χ4v) is 2.91. The fraction of sp³-hybridized carbons (Fsp3) is 0.667. The third-order valence-electron chi connectivity index (χ3n) is 4.14. The molecular formula is C18H28N2O3. The van der Waals surface area contributed by atoms with Crippen LogP contribution in [0.4, 0.5) is 5.69 Å². The van der Waals surface area contributed by atoms with Gasteiger partial charge in [0.05, 0.1) is 18.5 Å². The average molecular weight is 320 g/mol. The molecule has 1 saturated carbocycles. The van der Waals surface area contributed by atoms with Crippen molar-refractivity contribution in [2.45, 2.75) is 64.9 Å². The van der Waals surface area contributed by atoms with Crippen LogP contribution >= 0.6 is 0 Å². The number of hydrogen-bond acceptors (Lipinski definition) is 4. The molecule has 1 fully saturated rings. The van der Waals surface area contributed by atoms with Crippen molar-refractivity contribution in [1.29, 1.82) is 0 Å². The van der Waals surface area contributed by atoms with E-state index < -0.39 is 5.60 Å². The van der Waals surface area contributed by atoms with Crippen LogP contribution in [0.2, 0.25) is 0 Å². The fourth-order valence-electron chi connectivity index (χ4n) is 2.91. The number of rotatable bonds is 8. The minimum Gasteiger partial charge on any atom is -0.477 e. The van der Waals surface area contributed by atoms with Crippen LogP contribution in [0, 0.1) is 6.92 Å². The van der Waals surface area contributed by atoms with Crippen LogP contribution in [-0.2, 0) is 9.53 Å². The molecule has 128 valence electrons. The lowest BCUT2D eigenvalue weighted by atomic mass is 10.0. The predicted molar refractivity (Wildman–Crippen MR) is 90.8 cm³/mol.